The first kappa shape index (κ1) is 26.1. The zero-order valence-electron chi connectivity index (χ0n) is 23.5. The van der Waals surface area contributed by atoms with Gasteiger partial charge < -0.3 is 9.47 Å². The number of benzene rings is 3. The zero-order valence-corrected chi connectivity index (χ0v) is 23.5. The van der Waals surface area contributed by atoms with Crippen molar-refractivity contribution < 1.29 is 9.47 Å². The SMILES string of the molecule is CCCCC(CC)COc1c2c(c(OCC(CC)CCCC)c3cc4ccccc4cc13)C1C=CC2C1. The van der Waals surface area contributed by atoms with Gasteiger partial charge >= 0.3 is 0 Å². The van der Waals surface area contributed by atoms with Crippen LogP contribution in [0.25, 0.3) is 21.5 Å². The van der Waals surface area contributed by atoms with E-state index in [1.807, 2.05) is 0 Å². The molecule has 0 aliphatic heterocycles. The van der Waals surface area contributed by atoms with Crippen molar-refractivity contribution in [2.24, 2.45) is 11.8 Å². The van der Waals surface area contributed by atoms with Crippen LogP contribution in [0.5, 0.6) is 11.5 Å². The molecule has 0 radical (unpaired) electrons. The van der Waals surface area contributed by atoms with Gasteiger partial charge in [0.1, 0.15) is 11.5 Å². The van der Waals surface area contributed by atoms with Gasteiger partial charge in [0.25, 0.3) is 0 Å². The predicted molar refractivity (Wildman–Crippen MR) is 158 cm³/mol. The Morgan fingerprint density at radius 3 is 1.57 bits per heavy atom. The lowest BCUT2D eigenvalue weighted by Crippen LogP contribution is -2.15. The normalized spacial score (nSPS) is 19.5. The van der Waals surface area contributed by atoms with Crippen molar-refractivity contribution in [2.45, 2.75) is 97.3 Å². The summed E-state index contributed by atoms with van der Waals surface area (Å²) in [4.78, 5) is 0. The van der Waals surface area contributed by atoms with E-state index in [0.717, 1.165) is 31.1 Å². The van der Waals surface area contributed by atoms with E-state index in [0.29, 0.717) is 23.7 Å². The third-order valence-corrected chi connectivity index (χ3v) is 8.99. The van der Waals surface area contributed by atoms with Crippen molar-refractivity contribution in [3.05, 3.63) is 59.7 Å². The molecule has 2 heteroatoms. The maximum Gasteiger partial charge on any atom is 0.131 e. The molecular formula is C35H46O2. The Labute approximate surface area is 224 Å². The van der Waals surface area contributed by atoms with E-state index in [1.54, 1.807) is 0 Å². The topological polar surface area (TPSA) is 18.5 Å². The molecule has 4 atom stereocenters. The van der Waals surface area contributed by atoms with Gasteiger partial charge in [-0.3, -0.25) is 0 Å². The van der Waals surface area contributed by atoms with Crippen LogP contribution < -0.4 is 9.47 Å². The molecule has 0 N–H and O–H groups in total. The van der Waals surface area contributed by atoms with Gasteiger partial charge in [0.15, 0.2) is 0 Å². The fourth-order valence-electron chi connectivity index (χ4n) is 6.52. The largest absolute Gasteiger partial charge is 0.492 e. The van der Waals surface area contributed by atoms with Gasteiger partial charge in [-0.1, -0.05) is 103 Å². The van der Waals surface area contributed by atoms with Crippen LogP contribution in [0.3, 0.4) is 0 Å². The average molecular weight is 499 g/mol. The summed E-state index contributed by atoms with van der Waals surface area (Å²) in [6.45, 7) is 10.8. The fourth-order valence-corrected chi connectivity index (χ4v) is 6.52. The lowest BCUT2D eigenvalue weighted by Gasteiger charge is -2.26. The monoisotopic (exact) mass is 498 g/mol. The van der Waals surface area contributed by atoms with Gasteiger partial charge in [0, 0.05) is 33.7 Å². The molecular weight excluding hydrogens is 452 g/mol. The van der Waals surface area contributed by atoms with Crippen LogP contribution in [-0.4, -0.2) is 13.2 Å². The Hall–Kier alpha value is -2.48. The maximum atomic E-state index is 6.88. The molecule has 198 valence electrons. The van der Waals surface area contributed by atoms with Crippen molar-refractivity contribution in [1.29, 1.82) is 0 Å². The zero-order chi connectivity index (χ0) is 25.8. The molecule has 2 bridgehead atoms. The van der Waals surface area contributed by atoms with Gasteiger partial charge in [-0.05, 0) is 54.0 Å². The molecule has 3 aromatic carbocycles. The van der Waals surface area contributed by atoms with Crippen LogP contribution in [0.15, 0.2) is 48.6 Å². The van der Waals surface area contributed by atoms with E-state index in [-0.39, 0.29) is 0 Å². The highest BCUT2D eigenvalue weighted by Gasteiger charge is 2.40. The van der Waals surface area contributed by atoms with E-state index in [4.69, 9.17) is 9.47 Å². The van der Waals surface area contributed by atoms with Gasteiger partial charge in [-0.2, -0.15) is 0 Å². The van der Waals surface area contributed by atoms with Crippen molar-refractivity contribution in [3.63, 3.8) is 0 Å². The minimum Gasteiger partial charge on any atom is -0.492 e. The number of rotatable bonds is 14. The first-order valence-corrected chi connectivity index (χ1v) is 15.1. The quantitative estimate of drug-likeness (QED) is 0.162. The van der Waals surface area contributed by atoms with Gasteiger partial charge in [0.05, 0.1) is 13.2 Å². The second-order valence-electron chi connectivity index (χ2n) is 11.5. The van der Waals surface area contributed by atoms with Gasteiger partial charge in [-0.25, -0.2) is 0 Å². The van der Waals surface area contributed by atoms with E-state index < -0.39 is 0 Å². The van der Waals surface area contributed by atoms with E-state index in [1.165, 1.54) is 84.0 Å². The number of fused-ring (bicyclic) bond motifs is 7. The number of hydrogen-bond donors (Lipinski definition) is 0. The minimum atomic E-state index is 0.450. The lowest BCUT2D eigenvalue weighted by atomic mass is 9.89. The first-order chi connectivity index (χ1) is 18.2. The second kappa shape index (κ2) is 11.9. The highest BCUT2D eigenvalue weighted by molar-refractivity contribution is 6.05. The molecule has 2 aliphatic carbocycles. The van der Waals surface area contributed by atoms with Gasteiger partial charge in [-0.15, -0.1) is 0 Å². The third kappa shape index (κ3) is 5.27. The summed E-state index contributed by atoms with van der Waals surface area (Å²) in [6, 6.07) is 13.5. The summed E-state index contributed by atoms with van der Waals surface area (Å²) in [7, 11) is 0. The van der Waals surface area contributed by atoms with Gasteiger partial charge in [0.2, 0.25) is 0 Å². The number of unbranched alkanes of at least 4 members (excludes halogenated alkanes) is 2. The number of hydrogen-bond acceptors (Lipinski definition) is 2. The van der Waals surface area contributed by atoms with Crippen LogP contribution in [-0.2, 0) is 0 Å². The van der Waals surface area contributed by atoms with Crippen LogP contribution in [0.2, 0.25) is 0 Å². The molecule has 3 aromatic rings. The molecule has 37 heavy (non-hydrogen) atoms. The highest BCUT2D eigenvalue weighted by atomic mass is 16.5. The maximum absolute atomic E-state index is 6.88. The van der Waals surface area contributed by atoms with Crippen LogP contribution in [0, 0.1) is 11.8 Å². The first-order valence-electron chi connectivity index (χ1n) is 15.1. The Morgan fingerprint density at radius 2 is 1.16 bits per heavy atom. The Morgan fingerprint density at radius 1 is 0.703 bits per heavy atom. The molecule has 0 fully saturated rings. The van der Waals surface area contributed by atoms with Crippen LogP contribution in [0.1, 0.15) is 108 Å². The molecule has 4 unspecified atom stereocenters. The predicted octanol–water partition coefficient (Wildman–Crippen LogP) is 10.3. The smallest absolute Gasteiger partial charge is 0.131 e. The third-order valence-electron chi connectivity index (χ3n) is 8.99. The molecule has 0 saturated heterocycles. The Balaban J connectivity index is 1.61. The second-order valence-corrected chi connectivity index (χ2v) is 11.5. The Kier molecular flexibility index (Phi) is 8.43. The lowest BCUT2D eigenvalue weighted by molar-refractivity contribution is 0.229. The summed E-state index contributed by atoms with van der Waals surface area (Å²) < 4.78 is 13.8. The molecule has 0 aromatic heterocycles. The van der Waals surface area contributed by atoms with Crippen molar-refractivity contribution in [1.82, 2.24) is 0 Å². The van der Waals surface area contributed by atoms with E-state index >= 15 is 0 Å². The molecule has 0 heterocycles. The molecule has 0 spiro atoms. The molecule has 5 rings (SSSR count). The van der Waals surface area contributed by atoms with Crippen molar-refractivity contribution >= 4 is 21.5 Å². The minimum absolute atomic E-state index is 0.450. The van der Waals surface area contributed by atoms with Crippen molar-refractivity contribution in [3.8, 4) is 11.5 Å². The summed E-state index contributed by atoms with van der Waals surface area (Å²) in [5.41, 5.74) is 2.83. The average Bonchev–Trinajstić information content (AvgIpc) is 3.55. The van der Waals surface area contributed by atoms with Crippen LogP contribution >= 0.6 is 0 Å². The summed E-state index contributed by atoms with van der Waals surface area (Å²) in [5, 5.41) is 5.02. The summed E-state index contributed by atoms with van der Waals surface area (Å²) in [6.07, 6.45) is 15.9. The molecule has 2 aliphatic rings. The summed E-state index contributed by atoms with van der Waals surface area (Å²) in [5.74, 6) is 4.39. The summed E-state index contributed by atoms with van der Waals surface area (Å²) >= 11 is 0. The molecule has 2 nitrogen and oxygen atoms in total. The molecule has 0 saturated carbocycles. The Bertz CT molecular complexity index is 1150. The number of ether oxygens (including phenoxy) is 2. The molecule has 0 amide bonds. The van der Waals surface area contributed by atoms with E-state index in [2.05, 4.69) is 76.2 Å². The van der Waals surface area contributed by atoms with Crippen molar-refractivity contribution in [2.75, 3.05) is 13.2 Å². The standard InChI is InChI=1S/C35H46O2/c1-5-9-13-24(7-3)22-36-34-30-20-26-15-11-12-16-27(26)21-31(30)35(37-23-25(8-4)14-10-6-2)33-29-18-17-28(19-29)32(33)34/h11-12,15-18,20-21,24-25,28-29H,5-10,13-14,19,22-23H2,1-4H3. The highest BCUT2D eigenvalue weighted by Crippen LogP contribution is 2.58. The van der Waals surface area contributed by atoms with E-state index in [9.17, 15) is 0 Å². The fraction of sp³-hybridized carbons (Fsp3) is 0.543. The number of allylic oxidation sites excluding steroid dienone is 2. The van der Waals surface area contributed by atoms with Crippen LogP contribution in [0.4, 0.5) is 0 Å².